The molecule has 2 heterocycles. The van der Waals surface area contributed by atoms with Gasteiger partial charge < -0.3 is 9.47 Å². The Morgan fingerprint density at radius 3 is 3.19 bits per heavy atom. The topological polar surface area (TPSA) is 18.5 Å². The molecule has 1 aromatic carbocycles. The molecule has 86 valence electrons. The summed E-state index contributed by atoms with van der Waals surface area (Å²) in [6, 6.07) is 6.26. The van der Waals surface area contributed by atoms with E-state index in [1.807, 2.05) is 6.07 Å². The maximum Gasteiger partial charge on any atom is 0.133 e. The highest BCUT2D eigenvalue weighted by atomic mass is 79.9. The lowest BCUT2D eigenvalue weighted by molar-refractivity contribution is -0.105. The van der Waals surface area contributed by atoms with Gasteiger partial charge in [0.05, 0.1) is 6.61 Å². The van der Waals surface area contributed by atoms with Gasteiger partial charge in [0.25, 0.3) is 0 Å². The quantitative estimate of drug-likeness (QED) is 0.728. The van der Waals surface area contributed by atoms with Gasteiger partial charge in [0, 0.05) is 17.0 Å². The summed E-state index contributed by atoms with van der Waals surface area (Å²) < 4.78 is 12.8. The van der Waals surface area contributed by atoms with Crippen LogP contribution < -0.4 is 4.74 Å². The zero-order valence-corrected chi connectivity index (χ0v) is 10.9. The molecule has 0 bridgehead atoms. The van der Waals surface area contributed by atoms with Crippen LogP contribution in [0.5, 0.6) is 5.75 Å². The molecule has 2 aliphatic heterocycles. The summed E-state index contributed by atoms with van der Waals surface area (Å²) in [4.78, 5) is 0. The van der Waals surface area contributed by atoms with E-state index in [9.17, 15) is 0 Å². The summed E-state index contributed by atoms with van der Waals surface area (Å²) >= 11 is 3.51. The van der Waals surface area contributed by atoms with Crippen LogP contribution in [0.2, 0.25) is 0 Å². The molecule has 16 heavy (non-hydrogen) atoms. The summed E-state index contributed by atoms with van der Waals surface area (Å²) in [5, 5.41) is 0. The molecule has 2 nitrogen and oxygen atoms in total. The standard InChI is InChI=1S/C13H15BrO2/c1-13-8-15-5-4-10(13)6-9-7-11(14)2-3-12(9)16-13/h2-3,7,10H,4-6,8H2,1H3. The molecule has 1 aromatic rings. The lowest BCUT2D eigenvalue weighted by Crippen LogP contribution is -2.51. The molecule has 0 N–H and O–H groups in total. The van der Waals surface area contributed by atoms with Crippen LogP contribution in [0.15, 0.2) is 22.7 Å². The van der Waals surface area contributed by atoms with Gasteiger partial charge in [0.1, 0.15) is 11.4 Å². The summed E-state index contributed by atoms with van der Waals surface area (Å²) in [6.45, 7) is 3.75. The third-order valence-corrected chi connectivity index (χ3v) is 4.19. The number of hydrogen-bond donors (Lipinski definition) is 0. The van der Waals surface area contributed by atoms with Gasteiger partial charge in [0.15, 0.2) is 0 Å². The number of fused-ring (bicyclic) bond motifs is 2. The smallest absolute Gasteiger partial charge is 0.133 e. The lowest BCUT2D eigenvalue weighted by atomic mass is 9.78. The van der Waals surface area contributed by atoms with Crippen LogP contribution in [0.4, 0.5) is 0 Å². The van der Waals surface area contributed by atoms with Gasteiger partial charge in [-0.1, -0.05) is 15.9 Å². The zero-order chi connectivity index (χ0) is 11.2. The highest BCUT2D eigenvalue weighted by molar-refractivity contribution is 9.10. The number of benzene rings is 1. The summed E-state index contributed by atoms with van der Waals surface area (Å²) in [6.07, 6.45) is 2.21. The van der Waals surface area contributed by atoms with Gasteiger partial charge in [-0.3, -0.25) is 0 Å². The molecule has 1 fully saturated rings. The Hall–Kier alpha value is -0.540. The van der Waals surface area contributed by atoms with Crippen molar-refractivity contribution in [2.75, 3.05) is 13.2 Å². The molecule has 0 saturated carbocycles. The highest BCUT2D eigenvalue weighted by Crippen LogP contribution is 2.41. The van der Waals surface area contributed by atoms with Crippen molar-refractivity contribution in [1.29, 1.82) is 0 Å². The van der Waals surface area contributed by atoms with E-state index in [0.29, 0.717) is 12.5 Å². The molecular formula is C13H15BrO2. The first-order valence-electron chi connectivity index (χ1n) is 5.72. The normalized spacial score (nSPS) is 32.5. The van der Waals surface area contributed by atoms with Gasteiger partial charge in [-0.25, -0.2) is 0 Å². The van der Waals surface area contributed by atoms with Gasteiger partial charge >= 0.3 is 0 Å². The third kappa shape index (κ3) is 1.66. The van der Waals surface area contributed by atoms with E-state index in [0.717, 1.165) is 29.7 Å². The molecular weight excluding hydrogens is 268 g/mol. The van der Waals surface area contributed by atoms with Crippen molar-refractivity contribution in [1.82, 2.24) is 0 Å². The molecule has 2 unspecified atom stereocenters. The molecule has 0 spiro atoms. The minimum atomic E-state index is -0.126. The van der Waals surface area contributed by atoms with Crippen LogP contribution in [0, 0.1) is 5.92 Å². The first kappa shape index (κ1) is 10.6. The Morgan fingerprint density at radius 1 is 1.44 bits per heavy atom. The maximum atomic E-state index is 6.13. The van der Waals surface area contributed by atoms with E-state index in [2.05, 4.69) is 35.0 Å². The van der Waals surface area contributed by atoms with Crippen molar-refractivity contribution in [3.8, 4) is 5.75 Å². The molecule has 0 aliphatic carbocycles. The van der Waals surface area contributed by atoms with Crippen LogP contribution in [0.25, 0.3) is 0 Å². The van der Waals surface area contributed by atoms with Gasteiger partial charge in [0.2, 0.25) is 0 Å². The van der Waals surface area contributed by atoms with Crippen LogP contribution in [0.3, 0.4) is 0 Å². The second-order valence-corrected chi connectivity index (χ2v) is 5.82. The number of halogens is 1. The third-order valence-electron chi connectivity index (χ3n) is 3.69. The maximum absolute atomic E-state index is 6.13. The fraction of sp³-hybridized carbons (Fsp3) is 0.538. The van der Waals surface area contributed by atoms with E-state index >= 15 is 0 Å². The van der Waals surface area contributed by atoms with E-state index in [-0.39, 0.29) is 5.60 Å². The molecule has 2 atom stereocenters. The Morgan fingerprint density at radius 2 is 2.31 bits per heavy atom. The molecule has 3 rings (SSSR count). The first-order valence-corrected chi connectivity index (χ1v) is 6.52. The average molecular weight is 283 g/mol. The predicted molar refractivity (Wildman–Crippen MR) is 65.8 cm³/mol. The van der Waals surface area contributed by atoms with Gasteiger partial charge in [-0.15, -0.1) is 0 Å². The average Bonchev–Trinajstić information content (AvgIpc) is 2.26. The van der Waals surface area contributed by atoms with Gasteiger partial charge in [-0.2, -0.15) is 0 Å². The fourth-order valence-electron chi connectivity index (χ4n) is 2.68. The van der Waals surface area contributed by atoms with Crippen LogP contribution >= 0.6 is 15.9 Å². The van der Waals surface area contributed by atoms with E-state index in [4.69, 9.17) is 9.47 Å². The highest BCUT2D eigenvalue weighted by Gasteiger charge is 2.43. The second kappa shape index (κ2) is 3.74. The largest absolute Gasteiger partial charge is 0.485 e. The molecule has 0 aromatic heterocycles. The number of hydrogen-bond acceptors (Lipinski definition) is 2. The zero-order valence-electron chi connectivity index (χ0n) is 9.33. The van der Waals surface area contributed by atoms with Crippen molar-refractivity contribution < 1.29 is 9.47 Å². The Labute approximate surface area is 104 Å². The summed E-state index contributed by atoms with van der Waals surface area (Å²) in [5.74, 6) is 1.61. The monoisotopic (exact) mass is 282 g/mol. The number of rotatable bonds is 0. The Bertz CT molecular complexity index is 418. The fourth-order valence-corrected chi connectivity index (χ4v) is 3.09. The van der Waals surface area contributed by atoms with Crippen molar-refractivity contribution >= 4 is 15.9 Å². The first-order chi connectivity index (χ1) is 7.67. The Kier molecular flexibility index (Phi) is 2.48. The van der Waals surface area contributed by atoms with E-state index < -0.39 is 0 Å². The van der Waals surface area contributed by atoms with Crippen LogP contribution in [-0.4, -0.2) is 18.8 Å². The predicted octanol–water partition coefficient (Wildman–Crippen LogP) is 3.18. The molecule has 0 radical (unpaired) electrons. The van der Waals surface area contributed by atoms with E-state index in [1.165, 1.54) is 5.56 Å². The van der Waals surface area contributed by atoms with Crippen molar-refractivity contribution in [2.45, 2.75) is 25.4 Å². The summed E-state index contributed by atoms with van der Waals surface area (Å²) in [7, 11) is 0. The van der Waals surface area contributed by atoms with Crippen LogP contribution in [0.1, 0.15) is 18.9 Å². The SMILES string of the molecule is CC12COCCC1Cc1cc(Br)ccc1O2. The molecule has 3 heteroatoms. The van der Waals surface area contributed by atoms with Gasteiger partial charge in [-0.05, 0) is 43.5 Å². The van der Waals surface area contributed by atoms with E-state index in [1.54, 1.807) is 0 Å². The molecule has 0 amide bonds. The Balaban J connectivity index is 1.98. The number of ether oxygens (including phenoxy) is 2. The second-order valence-electron chi connectivity index (χ2n) is 4.91. The van der Waals surface area contributed by atoms with Crippen LogP contribution in [-0.2, 0) is 11.2 Å². The van der Waals surface area contributed by atoms with Crippen molar-refractivity contribution in [3.05, 3.63) is 28.2 Å². The lowest BCUT2D eigenvalue weighted by Gasteiger charge is -2.45. The molecule has 2 aliphatic rings. The molecule has 1 saturated heterocycles. The summed E-state index contributed by atoms with van der Waals surface area (Å²) in [5.41, 5.74) is 1.19. The minimum Gasteiger partial charge on any atom is -0.485 e. The van der Waals surface area contributed by atoms with Crippen molar-refractivity contribution in [3.63, 3.8) is 0 Å². The minimum absolute atomic E-state index is 0.126. The van der Waals surface area contributed by atoms with Crippen molar-refractivity contribution in [2.24, 2.45) is 5.92 Å².